The van der Waals surface area contributed by atoms with Crippen LogP contribution in [0.25, 0.3) is 0 Å². The molecule has 6 N–H and O–H groups in total. The predicted molar refractivity (Wildman–Crippen MR) is 320 cm³/mol. The first-order valence-corrected chi connectivity index (χ1v) is 29.5. The van der Waals surface area contributed by atoms with Gasteiger partial charge in [0.15, 0.2) is 11.5 Å². The number of anilines is 1. The molecule has 10 atom stereocenters. The Kier molecular flexibility index (Phi) is 25.7. The highest BCUT2D eigenvalue weighted by Crippen LogP contribution is 2.49. The Labute approximate surface area is 509 Å². The van der Waals surface area contributed by atoms with E-state index in [4.69, 9.17) is 45.8 Å². The molecule has 0 saturated carbocycles. The van der Waals surface area contributed by atoms with E-state index in [-0.39, 0.29) is 95.2 Å². The first kappa shape index (κ1) is 69.8. The molecule has 2 saturated heterocycles. The maximum atomic E-state index is 14.4. The Bertz CT molecular complexity index is 2830. The van der Waals surface area contributed by atoms with Crippen LogP contribution in [0.2, 0.25) is 5.02 Å². The van der Waals surface area contributed by atoms with Crippen LogP contribution in [0.4, 0.5) is 20.1 Å². The third-order valence-electron chi connectivity index (χ3n) is 16.3. The average Bonchev–Trinajstić information content (AvgIpc) is 1.60. The summed E-state index contributed by atoms with van der Waals surface area (Å²) in [6.45, 7) is 12.8. The Morgan fingerprint density at radius 3 is 2.34 bits per heavy atom. The number of hydrogen-bond donors (Lipinski definition) is 5. The minimum atomic E-state index is -1.88. The Balaban J connectivity index is 1.18. The highest BCUT2D eigenvalue weighted by Gasteiger charge is 2.64. The lowest BCUT2D eigenvalue weighted by Gasteiger charge is -2.42. The molecule has 2 fully saturated rings. The fourth-order valence-electron chi connectivity index (χ4n) is 10.6. The number of epoxide rings is 1. The number of rotatable bonds is 25. The summed E-state index contributed by atoms with van der Waals surface area (Å²) in [7, 11) is 7.46. The van der Waals surface area contributed by atoms with Crippen molar-refractivity contribution in [3.05, 3.63) is 87.5 Å². The van der Waals surface area contributed by atoms with Crippen LogP contribution >= 0.6 is 11.6 Å². The van der Waals surface area contributed by atoms with Crippen LogP contribution in [0.1, 0.15) is 115 Å². The molecule has 5 rings (SSSR count). The molecule has 86 heavy (non-hydrogen) atoms. The second-order valence-electron chi connectivity index (χ2n) is 23.4. The Morgan fingerprint density at radius 1 is 1.00 bits per heavy atom. The molecule has 24 heteroatoms. The van der Waals surface area contributed by atoms with Crippen molar-refractivity contribution in [3.63, 3.8) is 0 Å². The van der Waals surface area contributed by atoms with Crippen molar-refractivity contribution in [3.8, 4) is 0 Å². The highest BCUT2D eigenvalue weighted by molar-refractivity contribution is 6.34. The number of methoxy groups -OCH3 is 2. The van der Waals surface area contributed by atoms with Gasteiger partial charge < -0.3 is 64.6 Å². The molecule has 1 unspecified atom stereocenters. The van der Waals surface area contributed by atoms with E-state index < -0.39 is 102 Å². The number of nitrogens with one attached hydrogen (secondary N) is 3. The van der Waals surface area contributed by atoms with E-state index in [1.165, 1.54) is 49.9 Å². The number of carbonyl (C=O) groups excluding carboxylic acids is 9. The van der Waals surface area contributed by atoms with Crippen LogP contribution in [0.5, 0.6) is 0 Å². The number of ketones is 2. The molecule has 3 aliphatic heterocycles. The normalized spacial score (nSPS) is 24.2. The number of urea groups is 1. The lowest BCUT2D eigenvalue weighted by atomic mass is 9.83. The fraction of sp³-hybridized carbons (Fsp3) is 0.597. The molecule has 474 valence electrons. The second-order valence-corrected chi connectivity index (χ2v) is 23.8. The Morgan fingerprint density at radius 2 is 1.69 bits per heavy atom. The maximum absolute atomic E-state index is 14.4. The van der Waals surface area contributed by atoms with E-state index >= 15 is 0 Å². The largest absolute Gasteiger partial charge is 0.457 e. The number of ether oxygens (including phenoxy) is 6. The SMILES string of the molecule is COCCC(=O)C[C@H](C(=O)N[C@@H](CCCNC(N)=O)C(=O)Cc1ccc(COC(=O)N(C)CCCC(=O)N(C)[C@@H](C)C(=O)O[C@H]2CC(=O)N(C)c3cc(cc(C)c3Cl)C/C(C)=C/C=C/[C@@H](OC)[C@]3(O)C[C@H](OC(=O)N3)[C@@H](C)C3O[C@]32C)cc1)C(C)C. The number of carbonyl (C=O) groups is 9. The van der Waals surface area contributed by atoms with Crippen LogP contribution in [-0.2, 0) is 76.6 Å². The number of amides is 7. The standard InChI is InChI=1S/C62H88ClN7O16/c1-36(2)45(32-44(71)24-27-81-11)56(75)66-46(17-14-25-65-58(64)77)48(72)31-41-20-22-42(23-21-41)35-83-60(79)68(8)26-15-19-52(73)69(9)40(6)57(76)85-51-33-53(74)70(10)47-30-43(29-38(4)54(47)63)28-37(3)16-13-18-50(82-12)62(80)34-49(84-59(78)67-62)39(5)55-61(51,7)86-55/h13,16,18,20-23,29-30,36,39-40,45-46,49-51,55,80H,14-15,17,19,24-28,31-35H2,1-12H3,(H,66,75)(H,67,78)(H3,64,65,77)/b18-13+,37-16+/t39-,40+,45+,46+,49+,50-,51+,55?,61+,62-/m1/s1. The summed E-state index contributed by atoms with van der Waals surface area (Å²) >= 11 is 6.84. The molecule has 3 heterocycles. The summed E-state index contributed by atoms with van der Waals surface area (Å²) < 4.78 is 34.4. The minimum absolute atomic E-state index is 0.00112. The van der Waals surface area contributed by atoms with E-state index in [2.05, 4.69) is 16.0 Å². The third kappa shape index (κ3) is 19.3. The minimum Gasteiger partial charge on any atom is -0.457 e. The number of fused-ring (bicyclic) bond motifs is 5. The van der Waals surface area contributed by atoms with Crippen molar-refractivity contribution in [2.75, 3.05) is 60.0 Å². The van der Waals surface area contributed by atoms with Crippen molar-refractivity contribution in [1.29, 1.82) is 0 Å². The molecule has 0 aliphatic carbocycles. The van der Waals surface area contributed by atoms with Gasteiger partial charge in [0.2, 0.25) is 17.7 Å². The number of nitrogens with two attached hydrogens (primary N) is 1. The molecular weight excluding hydrogens is 1130 g/mol. The number of esters is 1. The average molecular weight is 1220 g/mol. The van der Waals surface area contributed by atoms with Crippen LogP contribution < -0.4 is 26.6 Å². The summed E-state index contributed by atoms with van der Waals surface area (Å²) in [5, 5.41) is 20.1. The fourth-order valence-corrected chi connectivity index (χ4v) is 10.9. The number of likely N-dealkylation sites (N-methyl/N-ethyl adjacent to an activating group) is 1. The number of benzene rings is 2. The molecule has 0 radical (unpaired) electrons. The molecule has 3 aliphatic rings. The number of hydrogen-bond acceptors (Lipinski definition) is 16. The number of alkyl carbamates (subject to hydrolysis) is 1. The number of allylic oxidation sites excluding steroid dienone is 3. The highest BCUT2D eigenvalue weighted by atomic mass is 35.5. The van der Waals surface area contributed by atoms with Crippen LogP contribution in [0.3, 0.4) is 0 Å². The molecule has 23 nitrogen and oxygen atoms in total. The van der Waals surface area contributed by atoms with Crippen molar-refractivity contribution in [2.24, 2.45) is 23.5 Å². The van der Waals surface area contributed by atoms with Crippen LogP contribution in [0, 0.1) is 24.7 Å². The van der Waals surface area contributed by atoms with Gasteiger partial charge in [-0.3, -0.25) is 29.3 Å². The van der Waals surface area contributed by atoms with Crippen molar-refractivity contribution in [2.45, 2.75) is 167 Å². The lowest BCUT2D eigenvalue weighted by molar-refractivity contribution is -0.162. The van der Waals surface area contributed by atoms with E-state index in [0.29, 0.717) is 34.7 Å². The zero-order valence-corrected chi connectivity index (χ0v) is 52.4. The van der Waals surface area contributed by atoms with Gasteiger partial charge in [-0.1, -0.05) is 86.5 Å². The quantitative estimate of drug-likeness (QED) is 0.0321. The summed E-state index contributed by atoms with van der Waals surface area (Å²) in [4.78, 5) is 123. The van der Waals surface area contributed by atoms with Gasteiger partial charge in [0.25, 0.3) is 0 Å². The van der Waals surface area contributed by atoms with Crippen LogP contribution in [-0.4, -0.2) is 171 Å². The molecule has 0 spiro atoms. The van der Waals surface area contributed by atoms with E-state index in [9.17, 15) is 48.3 Å². The van der Waals surface area contributed by atoms with E-state index in [1.54, 1.807) is 57.3 Å². The second kappa shape index (κ2) is 31.6. The van der Waals surface area contributed by atoms with Crippen molar-refractivity contribution >= 4 is 70.8 Å². The first-order valence-electron chi connectivity index (χ1n) is 29.1. The van der Waals surface area contributed by atoms with Gasteiger partial charge in [-0.05, 0) is 87.6 Å². The number of aryl methyl sites for hydroxylation is 1. The van der Waals surface area contributed by atoms with Crippen molar-refractivity contribution < 1.29 is 76.7 Å². The van der Waals surface area contributed by atoms with Gasteiger partial charge in [-0.15, -0.1) is 0 Å². The van der Waals surface area contributed by atoms with Gasteiger partial charge >= 0.3 is 24.2 Å². The van der Waals surface area contributed by atoms with E-state index in [1.807, 2.05) is 45.9 Å². The summed E-state index contributed by atoms with van der Waals surface area (Å²) in [5.41, 5.74) is 6.27. The predicted octanol–water partition coefficient (Wildman–Crippen LogP) is 6.18. The number of primary amides is 1. The maximum Gasteiger partial charge on any atom is 0.409 e. The third-order valence-corrected chi connectivity index (χ3v) is 16.8. The summed E-state index contributed by atoms with van der Waals surface area (Å²) in [6.07, 6.45) is 0.732. The van der Waals surface area contributed by atoms with Gasteiger partial charge in [-0.2, -0.15) is 0 Å². The topological polar surface area (TPSA) is 304 Å². The number of Topliss-reactive ketones (excluding diaryl/α,β-unsaturated/α-hetero) is 2. The molecule has 2 aromatic carbocycles. The molecule has 2 aromatic rings. The van der Waals surface area contributed by atoms with Crippen molar-refractivity contribution in [1.82, 2.24) is 25.8 Å². The smallest absolute Gasteiger partial charge is 0.409 e. The summed E-state index contributed by atoms with van der Waals surface area (Å²) in [6, 6.07) is 7.83. The number of halogens is 1. The Hall–Kier alpha value is -6.92. The van der Waals surface area contributed by atoms with Gasteiger partial charge in [0.1, 0.15) is 42.3 Å². The lowest BCUT2D eigenvalue weighted by Crippen LogP contribution is -2.63. The molecule has 0 aromatic heterocycles. The zero-order chi connectivity index (χ0) is 63.8. The molecular formula is C62H88ClN7O16. The van der Waals surface area contributed by atoms with Gasteiger partial charge in [0.05, 0.1) is 35.9 Å². The first-order chi connectivity index (χ1) is 40.5. The van der Waals surface area contributed by atoms with E-state index in [0.717, 1.165) is 16.7 Å². The zero-order valence-electron chi connectivity index (χ0n) is 51.7. The molecule has 4 bridgehead atoms. The number of nitrogens with zero attached hydrogens (tertiary/aromatic N) is 3. The van der Waals surface area contributed by atoms with Crippen LogP contribution in [0.15, 0.2) is 60.2 Å². The van der Waals surface area contributed by atoms with Gasteiger partial charge in [-0.25, -0.2) is 19.2 Å². The number of aliphatic hydroxyl groups is 1. The van der Waals surface area contributed by atoms with Gasteiger partial charge in [0, 0.05) is 92.4 Å². The molecule has 7 amide bonds. The monoisotopic (exact) mass is 1220 g/mol. The summed E-state index contributed by atoms with van der Waals surface area (Å²) in [5.74, 6) is -3.97.